The van der Waals surface area contributed by atoms with E-state index in [1.807, 2.05) is 18.2 Å². The van der Waals surface area contributed by atoms with E-state index in [0.29, 0.717) is 6.54 Å². The van der Waals surface area contributed by atoms with Gasteiger partial charge in [0.05, 0.1) is 14.2 Å². The van der Waals surface area contributed by atoms with E-state index in [-0.39, 0.29) is 5.54 Å². The highest BCUT2D eigenvalue weighted by Crippen LogP contribution is 2.24. The minimum Gasteiger partial charge on any atom is -0.497 e. The molecule has 0 atom stereocenters. The van der Waals surface area contributed by atoms with Crippen molar-refractivity contribution in [2.45, 2.75) is 25.9 Å². The Morgan fingerprint density at radius 1 is 1.24 bits per heavy atom. The first-order valence-electron chi connectivity index (χ1n) is 5.68. The van der Waals surface area contributed by atoms with Crippen LogP contribution in [0.1, 0.15) is 19.4 Å². The topological polar surface area (TPSA) is 56.5 Å². The lowest BCUT2D eigenvalue weighted by atomic mass is 10.1. The Morgan fingerprint density at radius 3 is 2.47 bits per heavy atom. The second kappa shape index (κ2) is 5.89. The molecule has 96 valence electrons. The Bertz CT molecular complexity index is 364. The van der Waals surface area contributed by atoms with Crippen molar-refractivity contribution in [3.05, 3.63) is 23.8 Å². The summed E-state index contributed by atoms with van der Waals surface area (Å²) >= 11 is 0. The molecule has 0 aliphatic rings. The molecule has 0 spiro atoms. The van der Waals surface area contributed by atoms with Crippen LogP contribution in [-0.2, 0) is 6.54 Å². The van der Waals surface area contributed by atoms with Gasteiger partial charge in [-0.2, -0.15) is 0 Å². The smallest absolute Gasteiger partial charge is 0.127 e. The molecule has 0 fully saturated rings. The third-order valence-corrected chi connectivity index (χ3v) is 2.76. The number of nitrogens with one attached hydrogen (secondary N) is 1. The van der Waals surface area contributed by atoms with Gasteiger partial charge in [-0.15, -0.1) is 0 Å². The summed E-state index contributed by atoms with van der Waals surface area (Å²) in [6, 6.07) is 5.80. The monoisotopic (exact) mass is 238 g/mol. The molecule has 0 unspecified atom stereocenters. The van der Waals surface area contributed by atoms with Crippen molar-refractivity contribution in [1.82, 2.24) is 5.32 Å². The average molecular weight is 238 g/mol. The molecule has 0 saturated heterocycles. The molecule has 0 aromatic heterocycles. The third kappa shape index (κ3) is 3.91. The summed E-state index contributed by atoms with van der Waals surface area (Å²) in [5.41, 5.74) is 6.69. The minimum absolute atomic E-state index is 0.0784. The highest BCUT2D eigenvalue weighted by Gasteiger charge is 2.15. The molecule has 0 radical (unpaired) electrons. The van der Waals surface area contributed by atoms with Gasteiger partial charge in [0.25, 0.3) is 0 Å². The number of ether oxygens (including phenoxy) is 2. The van der Waals surface area contributed by atoms with Crippen molar-refractivity contribution >= 4 is 0 Å². The maximum atomic E-state index is 5.67. The Balaban J connectivity index is 2.77. The van der Waals surface area contributed by atoms with Gasteiger partial charge < -0.3 is 20.5 Å². The second-order valence-electron chi connectivity index (χ2n) is 4.62. The third-order valence-electron chi connectivity index (χ3n) is 2.76. The molecule has 0 saturated carbocycles. The summed E-state index contributed by atoms with van der Waals surface area (Å²) in [7, 11) is 3.30. The minimum atomic E-state index is -0.0784. The van der Waals surface area contributed by atoms with Crippen molar-refractivity contribution in [2.24, 2.45) is 5.73 Å². The summed E-state index contributed by atoms with van der Waals surface area (Å²) in [4.78, 5) is 0. The predicted octanol–water partition coefficient (Wildman–Crippen LogP) is 1.53. The average Bonchev–Trinajstić information content (AvgIpc) is 2.36. The van der Waals surface area contributed by atoms with Gasteiger partial charge in [-0.1, -0.05) is 6.07 Å². The van der Waals surface area contributed by atoms with Gasteiger partial charge in [-0.3, -0.25) is 0 Å². The van der Waals surface area contributed by atoms with E-state index in [1.54, 1.807) is 14.2 Å². The molecule has 1 aromatic rings. The molecule has 0 amide bonds. The maximum absolute atomic E-state index is 5.67. The maximum Gasteiger partial charge on any atom is 0.127 e. The van der Waals surface area contributed by atoms with Gasteiger partial charge in [0, 0.05) is 30.3 Å². The molecule has 0 aliphatic heterocycles. The number of benzene rings is 1. The summed E-state index contributed by atoms with van der Waals surface area (Å²) in [5, 5.41) is 3.39. The van der Waals surface area contributed by atoms with Crippen LogP contribution in [0, 0.1) is 0 Å². The zero-order valence-corrected chi connectivity index (χ0v) is 11.0. The lowest BCUT2D eigenvalue weighted by Gasteiger charge is -2.25. The van der Waals surface area contributed by atoms with Gasteiger partial charge in [0.15, 0.2) is 0 Å². The molecule has 1 rings (SSSR count). The first-order valence-corrected chi connectivity index (χ1v) is 5.68. The SMILES string of the molecule is COc1ccc(CNC(C)(C)CN)c(OC)c1. The Morgan fingerprint density at radius 2 is 1.94 bits per heavy atom. The summed E-state index contributed by atoms with van der Waals surface area (Å²) in [6.45, 7) is 5.45. The number of rotatable bonds is 6. The van der Waals surface area contributed by atoms with Gasteiger partial charge in [-0.05, 0) is 19.9 Å². The lowest BCUT2D eigenvalue weighted by molar-refractivity contribution is 0.373. The molecule has 4 nitrogen and oxygen atoms in total. The zero-order chi connectivity index (χ0) is 12.9. The van der Waals surface area contributed by atoms with Crippen LogP contribution in [0.15, 0.2) is 18.2 Å². The standard InChI is InChI=1S/C13H22N2O2/c1-13(2,9-14)15-8-10-5-6-11(16-3)7-12(10)17-4/h5-7,15H,8-9,14H2,1-4H3. The first-order chi connectivity index (χ1) is 8.02. The van der Waals surface area contributed by atoms with Crippen molar-refractivity contribution < 1.29 is 9.47 Å². The van der Waals surface area contributed by atoms with E-state index < -0.39 is 0 Å². The number of hydrogen-bond acceptors (Lipinski definition) is 4. The molecule has 4 heteroatoms. The van der Waals surface area contributed by atoms with Crippen LogP contribution in [0.25, 0.3) is 0 Å². The van der Waals surface area contributed by atoms with Gasteiger partial charge in [-0.25, -0.2) is 0 Å². The highest BCUT2D eigenvalue weighted by atomic mass is 16.5. The van der Waals surface area contributed by atoms with Crippen LogP contribution < -0.4 is 20.5 Å². The van der Waals surface area contributed by atoms with Crippen LogP contribution >= 0.6 is 0 Å². The molecule has 3 N–H and O–H groups in total. The molecular formula is C13H22N2O2. The van der Waals surface area contributed by atoms with Crippen LogP contribution in [0.2, 0.25) is 0 Å². The van der Waals surface area contributed by atoms with E-state index in [4.69, 9.17) is 15.2 Å². The first kappa shape index (κ1) is 13.8. The summed E-state index contributed by atoms with van der Waals surface area (Å²) in [6.07, 6.45) is 0. The Labute approximate surface area is 103 Å². The van der Waals surface area contributed by atoms with Crippen LogP contribution in [0.4, 0.5) is 0 Å². The van der Waals surface area contributed by atoms with E-state index in [9.17, 15) is 0 Å². The van der Waals surface area contributed by atoms with E-state index >= 15 is 0 Å². The van der Waals surface area contributed by atoms with Gasteiger partial charge in [0.1, 0.15) is 11.5 Å². The van der Waals surface area contributed by atoms with Crippen LogP contribution in [0.3, 0.4) is 0 Å². The number of hydrogen-bond donors (Lipinski definition) is 2. The van der Waals surface area contributed by atoms with E-state index in [0.717, 1.165) is 23.6 Å². The highest BCUT2D eigenvalue weighted by molar-refractivity contribution is 5.40. The number of nitrogens with two attached hydrogens (primary N) is 1. The normalized spacial score (nSPS) is 11.4. The second-order valence-corrected chi connectivity index (χ2v) is 4.62. The largest absolute Gasteiger partial charge is 0.497 e. The Kier molecular flexibility index (Phi) is 4.78. The molecule has 0 aliphatic carbocycles. The molecule has 0 bridgehead atoms. The molecule has 0 heterocycles. The summed E-state index contributed by atoms with van der Waals surface area (Å²) in [5.74, 6) is 1.62. The lowest BCUT2D eigenvalue weighted by Crippen LogP contribution is -2.45. The van der Waals surface area contributed by atoms with Crippen molar-refractivity contribution in [3.63, 3.8) is 0 Å². The molecule has 1 aromatic carbocycles. The fourth-order valence-corrected chi connectivity index (χ4v) is 1.40. The van der Waals surface area contributed by atoms with Crippen molar-refractivity contribution in [1.29, 1.82) is 0 Å². The van der Waals surface area contributed by atoms with Crippen molar-refractivity contribution in [3.8, 4) is 11.5 Å². The Hall–Kier alpha value is -1.26. The fourth-order valence-electron chi connectivity index (χ4n) is 1.40. The molecule has 17 heavy (non-hydrogen) atoms. The fraction of sp³-hybridized carbons (Fsp3) is 0.538. The number of methoxy groups -OCH3 is 2. The van der Waals surface area contributed by atoms with Crippen molar-refractivity contribution in [2.75, 3.05) is 20.8 Å². The van der Waals surface area contributed by atoms with Crippen LogP contribution in [-0.4, -0.2) is 26.3 Å². The van der Waals surface area contributed by atoms with Gasteiger partial charge in [0.2, 0.25) is 0 Å². The van der Waals surface area contributed by atoms with Gasteiger partial charge >= 0.3 is 0 Å². The van der Waals surface area contributed by atoms with E-state index in [1.165, 1.54) is 0 Å². The molecular weight excluding hydrogens is 216 g/mol. The predicted molar refractivity (Wildman–Crippen MR) is 69.5 cm³/mol. The zero-order valence-electron chi connectivity index (χ0n) is 11.0. The summed E-state index contributed by atoms with van der Waals surface area (Å²) < 4.78 is 10.5. The quantitative estimate of drug-likeness (QED) is 0.789. The van der Waals surface area contributed by atoms with E-state index in [2.05, 4.69) is 19.2 Å². The van der Waals surface area contributed by atoms with Crippen LogP contribution in [0.5, 0.6) is 11.5 Å².